The Labute approximate surface area is 153 Å². The van der Waals surface area contributed by atoms with Crippen LogP contribution in [0.25, 0.3) is 0 Å². The monoisotopic (exact) mass is 400 g/mol. The lowest BCUT2D eigenvalue weighted by atomic mass is 9.96. The Morgan fingerprint density at radius 1 is 0.741 bits per heavy atom. The Balaban J connectivity index is -0.000000179. The van der Waals surface area contributed by atoms with Gasteiger partial charge < -0.3 is 35.4 Å². The number of carbonyl (C=O) groups is 6. The molecule has 6 N–H and O–H groups in total. The van der Waals surface area contributed by atoms with Crippen molar-refractivity contribution in [3.8, 4) is 0 Å². The van der Waals surface area contributed by atoms with Crippen molar-refractivity contribution in [1.29, 1.82) is 0 Å². The first-order valence-electron chi connectivity index (χ1n) is 6.93. The van der Waals surface area contributed by atoms with Crippen LogP contribution in [0.2, 0.25) is 0 Å². The van der Waals surface area contributed by atoms with Crippen LogP contribution in [0.1, 0.15) is 40.5 Å². The number of carbonyl (C=O) groups excluding carboxylic acids is 1. The lowest BCUT2D eigenvalue weighted by Crippen LogP contribution is -2.43. The van der Waals surface area contributed by atoms with Crippen molar-refractivity contribution in [3.63, 3.8) is 0 Å². The van der Waals surface area contributed by atoms with E-state index in [9.17, 15) is 19.5 Å². The standard InChI is InChI=1S/C8H12O7.3C2H4O2/c1-2-15-6(11)4-8(14,7(12)13)3-5(9)10;3*1-2(3)4/h14H,2-4H2,1H3,(H,9,10)(H,12,13);3*1H3,(H,3,4). The summed E-state index contributed by atoms with van der Waals surface area (Å²) in [5.74, 6) is -6.73. The number of rotatable bonds is 6. The van der Waals surface area contributed by atoms with Gasteiger partial charge in [0.2, 0.25) is 0 Å². The van der Waals surface area contributed by atoms with E-state index in [1.54, 1.807) is 0 Å². The van der Waals surface area contributed by atoms with E-state index in [4.69, 9.17) is 39.9 Å². The maximum atomic E-state index is 10.9. The molecule has 0 bridgehead atoms. The Hall–Kier alpha value is -3.22. The van der Waals surface area contributed by atoms with Crippen LogP contribution in [0.15, 0.2) is 0 Å². The van der Waals surface area contributed by atoms with E-state index in [2.05, 4.69) is 4.74 Å². The van der Waals surface area contributed by atoms with Crippen molar-refractivity contribution >= 4 is 35.8 Å². The molecule has 0 aromatic rings. The highest BCUT2D eigenvalue weighted by Gasteiger charge is 2.41. The van der Waals surface area contributed by atoms with Gasteiger partial charge in [-0.3, -0.25) is 24.0 Å². The van der Waals surface area contributed by atoms with E-state index in [0.29, 0.717) is 0 Å². The normalized spacial score (nSPS) is 10.6. The van der Waals surface area contributed by atoms with Gasteiger partial charge in [-0.2, -0.15) is 0 Å². The molecular formula is C14H24O13. The van der Waals surface area contributed by atoms with Gasteiger partial charge in [0.25, 0.3) is 17.9 Å². The van der Waals surface area contributed by atoms with Gasteiger partial charge in [-0.25, -0.2) is 4.79 Å². The summed E-state index contributed by atoms with van der Waals surface area (Å²) in [4.78, 5) is 58.8. The van der Waals surface area contributed by atoms with E-state index >= 15 is 0 Å². The van der Waals surface area contributed by atoms with Gasteiger partial charge in [0.1, 0.15) is 0 Å². The Kier molecular flexibility index (Phi) is 20.6. The first-order valence-corrected chi connectivity index (χ1v) is 6.93. The van der Waals surface area contributed by atoms with Gasteiger partial charge in [0.05, 0.1) is 19.4 Å². The van der Waals surface area contributed by atoms with Crippen molar-refractivity contribution in [1.82, 2.24) is 0 Å². The van der Waals surface area contributed by atoms with Crippen LogP contribution in [0.5, 0.6) is 0 Å². The molecular weight excluding hydrogens is 376 g/mol. The molecule has 1 unspecified atom stereocenters. The number of hydrogen-bond donors (Lipinski definition) is 6. The van der Waals surface area contributed by atoms with Crippen LogP contribution in [-0.4, -0.2) is 78.7 Å². The maximum absolute atomic E-state index is 10.9. The zero-order valence-corrected chi connectivity index (χ0v) is 15.2. The molecule has 0 aromatic heterocycles. The second kappa shape index (κ2) is 17.6. The second-order valence-electron chi connectivity index (χ2n) is 4.45. The van der Waals surface area contributed by atoms with E-state index < -0.39 is 54.3 Å². The van der Waals surface area contributed by atoms with Crippen LogP contribution < -0.4 is 0 Å². The van der Waals surface area contributed by atoms with Crippen molar-refractivity contribution in [2.45, 2.75) is 46.1 Å². The molecule has 0 spiro atoms. The lowest BCUT2D eigenvalue weighted by Gasteiger charge is -2.19. The number of esters is 1. The average Bonchev–Trinajstić information content (AvgIpc) is 2.34. The molecule has 0 aromatic carbocycles. The number of hydrogen-bond acceptors (Lipinski definition) is 8. The highest BCUT2D eigenvalue weighted by molar-refractivity contribution is 5.88. The number of aliphatic hydroxyl groups is 1. The van der Waals surface area contributed by atoms with Gasteiger partial charge in [-0.05, 0) is 6.92 Å². The van der Waals surface area contributed by atoms with Crippen molar-refractivity contribution < 1.29 is 64.1 Å². The molecule has 13 nitrogen and oxygen atoms in total. The maximum Gasteiger partial charge on any atom is 0.336 e. The van der Waals surface area contributed by atoms with Crippen LogP contribution >= 0.6 is 0 Å². The Morgan fingerprint density at radius 3 is 1.22 bits per heavy atom. The quantitative estimate of drug-likeness (QED) is 0.309. The molecule has 0 amide bonds. The number of ether oxygens (including phenoxy) is 1. The fourth-order valence-electron chi connectivity index (χ4n) is 0.915. The predicted octanol–water partition coefficient (Wildman–Crippen LogP) is -0.497. The van der Waals surface area contributed by atoms with Crippen molar-refractivity contribution in [2.24, 2.45) is 0 Å². The van der Waals surface area contributed by atoms with Gasteiger partial charge in [0, 0.05) is 20.8 Å². The predicted molar refractivity (Wildman–Crippen MR) is 86.0 cm³/mol. The van der Waals surface area contributed by atoms with E-state index in [1.807, 2.05) is 0 Å². The van der Waals surface area contributed by atoms with Crippen LogP contribution in [-0.2, 0) is 33.5 Å². The van der Waals surface area contributed by atoms with Crippen molar-refractivity contribution in [3.05, 3.63) is 0 Å². The summed E-state index contributed by atoms with van der Waals surface area (Å²) in [7, 11) is 0. The highest BCUT2D eigenvalue weighted by Crippen LogP contribution is 2.16. The topological polar surface area (TPSA) is 233 Å². The van der Waals surface area contributed by atoms with Crippen LogP contribution in [0, 0.1) is 0 Å². The summed E-state index contributed by atoms with van der Waals surface area (Å²) >= 11 is 0. The largest absolute Gasteiger partial charge is 0.481 e. The molecule has 0 rings (SSSR count). The molecule has 27 heavy (non-hydrogen) atoms. The second-order valence-corrected chi connectivity index (χ2v) is 4.45. The fourth-order valence-corrected chi connectivity index (χ4v) is 0.915. The van der Waals surface area contributed by atoms with Gasteiger partial charge in [-0.15, -0.1) is 0 Å². The van der Waals surface area contributed by atoms with Crippen LogP contribution in [0.3, 0.4) is 0 Å². The molecule has 0 radical (unpaired) electrons. The molecule has 1 atom stereocenters. The first-order chi connectivity index (χ1) is 12.0. The Morgan fingerprint density at radius 2 is 1.04 bits per heavy atom. The summed E-state index contributed by atoms with van der Waals surface area (Å²) in [6.07, 6.45) is -1.94. The van der Waals surface area contributed by atoms with Crippen molar-refractivity contribution in [2.75, 3.05) is 6.61 Å². The minimum Gasteiger partial charge on any atom is -0.481 e. The average molecular weight is 400 g/mol. The molecule has 0 fully saturated rings. The number of carboxylic acid groups (broad SMARTS) is 5. The summed E-state index contributed by atoms with van der Waals surface area (Å²) < 4.78 is 4.41. The van der Waals surface area contributed by atoms with E-state index in [1.165, 1.54) is 6.92 Å². The number of aliphatic carboxylic acids is 5. The summed E-state index contributed by atoms with van der Waals surface area (Å²) in [5.41, 5.74) is -2.61. The molecule has 0 saturated heterocycles. The molecule has 0 aliphatic rings. The summed E-state index contributed by atoms with van der Waals surface area (Å²) in [6, 6.07) is 0. The minimum absolute atomic E-state index is 0.0294. The molecule has 0 heterocycles. The third-order valence-corrected chi connectivity index (χ3v) is 1.58. The van der Waals surface area contributed by atoms with Gasteiger partial charge in [-0.1, -0.05) is 0 Å². The van der Waals surface area contributed by atoms with E-state index in [-0.39, 0.29) is 6.61 Å². The molecule has 0 aliphatic heterocycles. The first kappa shape index (κ1) is 31.5. The smallest absolute Gasteiger partial charge is 0.336 e. The summed E-state index contributed by atoms with van der Waals surface area (Å²) in [6.45, 7) is 4.79. The SMILES string of the molecule is CC(=O)O.CC(=O)O.CC(=O)O.CCOC(=O)CC(O)(CC(=O)O)C(=O)O. The zero-order chi connectivity index (χ0) is 22.8. The summed E-state index contributed by atoms with van der Waals surface area (Å²) in [5, 5.41) is 48.6. The van der Waals surface area contributed by atoms with Gasteiger partial charge >= 0.3 is 17.9 Å². The minimum atomic E-state index is -2.61. The molecule has 158 valence electrons. The molecule has 13 heteroatoms. The molecule has 0 saturated carbocycles. The molecule has 0 aliphatic carbocycles. The lowest BCUT2D eigenvalue weighted by molar-refractivity contribution is -0.171. The fraction of sp³-hybridized carbons (Fsp3) is 0.571. The number of carboxylic acids is 5. The van der Waals surface area contributed by atoms with Crippen LogP contribution in [0.4, 0.5) is 0 Å². The third kappa shape index (κ3) is 39.5. The van der Waals surface area contributed by atoms with E-state index in [0.717, 1.165) is 20.8 Å². The third-order valence-electron chi connectivity index (χ3n) is 1.58. The van der Waals surface area contributed by atoms with Gasteiger partial charge in [0.15, 0.2) is 5.60 Å². The zero-order valence-electron chi connectivity index (χ0n) is 15.2. The Bertz CT molecular complexity index is 471. The highest BCUT2D eigenvalue weighted by atomic mass is 16.5.